The van der Waals surface area contributed by atoms with Crippen molar-refractivity contribution in [2.45, 2.75) is 19.4 Å². The van der Waals surface area contributed by atoms with Gasteiger partial charge in [0.1, 0.15) is 0 Å². The highest BCUT2D eigenvalue weighted by Crippen LogP contribution is 2.22. The summed E-state index contributed by atoms with van der Waals surface area (Å²) in [5.74, 6) is -0.340. The molecule has 3 N–H and O–H groups in total. The maximum atomic E-state index is 12.4. The molecule has 0 radical (unpaired) electrons. The molecule has 5 nitrogen and oxygen atoms in total. The van der Waals surface area contributed by atoms with Gasteiger partial charge in [-0.05, 0) is 53.9 Å². The van der Waals surface area contributed by atoms with Crippen LogP contribution in [0.5, 0.6) is 0 Å². The summed E-state index contributed by atoms with van der Waals surface area (Å²) in [6.45, 7) is 2.22. The number of hydrogen-bond acceptors (Lipinski definition) is 4. The van der Waals surface area contributed by atoms with E-state index < -0.39 is 0 Å². The number of amides is 2. The number of carbonyl (C=O) groups excluding carboxylic acids is 2. The van der Waals surface area contributed by atoms with E-state index in [1.54, 1.807) is 11.3 Å². The first-order chi connectivity index (χ1) is 11.1. The van der Waals surface area contributed by atoms with Crippen LogP contribution < -0.4 is 11.1 Å². The number of carbonyl (C=O) groups is 2. The molecule has 1 aliphatic rings. The van der Waals surface area contributed by atoms with Crippen LogP contribution in [0.4, 0.5) is 0 Å². The van der Waals surface area contributed by atoms with Crippen LogP contribution in [0.2, 0.25) is 0 Å². The molecule has 1 unspecified atom stereocenters. The third-order valence-corrected chi connectivity index (χ3v) is 5.14. The molecule has 0 saturated carbocycles. The minimum atomic E-state index is -0.338. The molecule has 122 valence electrons. The van der Waals surface area contributed by atoms with E-state index in [9.17, 15) is 9.59 Å². The first kappa shape index (κ1) is 16.0. The summed E-state index contributed by atoms with van der Waals surface area (Å²) >= 11 is 1.72. The highest BCUT2D eigenvalue weighted by molar-refractivity contribution is 7.17. The maximum absolute atomic E-state index is 12.4. The molecule has 1 aliphatic heterocycles. The molecule has 3 rings (SSSR count). The predicted molar refractivity (Wildman–Crippen MR) is 92.0 cm³/mol. The van der Waals surface area contributed by atoms with E-state index in [-0.39, 0.29) is 24.3 Å². The monoisotopic (exact) mass is 331 g/mol. The summed E-state index contributed by atoms with van der Waals surface area (Å²) < 4.78 is 1.26. The zero-order valence-electron chi connectivity index (χ0n) is 13.0. The number of likely N-dealkylation sites (tertiary alicyclic amines) is 1. The van der Waals surface area contributed by atoms with Gasteiger partial charge in [-0.3, -0.25) is 14.5 Å². The number of nitrogens with zero attached hydrogens (tertiary/aromatic N) is 1. The molecule has 23 heavy (non-hydrogen) atoms. The van der Waals surface area contributed by atoms with Gasteiger partial charge < -0.3 is 11.1 Å². The number of thiophene rings is 1. The van der Waals surface area contributed by atoms with E-state index in [0.29, 0.717) is 13.1 Å². The number of rotatable bonds is 5. The Labute approximate surface area is 139 Å². The van der Waals surface area contributed by atoms with Gasteiger partial charge in [0.05, 0.1) is 12.5 Å². The van der Waals surface area contributed by atoms with Crippen molar-refractivity contribution in [1.29, 1.82) is 0 Å². The van der Waals surface area contributed by atoms with Crippen LogP contribution in [0.3, 0.4) is 0 Å². The number of primary amides is 1. The molecular formula is C17H21N3O2S. The minimum Gasteiger partial charge on any atom is -0.369 e. The number of nitrogens with one attached hydrogen (secondary N) is 1. The topological polar surface area (TPSA) is 75.4 Å². The second-order valence-corrected chi connectivity index (χ2v) is 7.00. The quantitative estimate of drug-likeness (QED) is 0.876. The van der Waals surface area contributed by atoms with Crippen molar-refractivity contribution in [3.8, 4) is 0 Å². The number of piperidine rings is 1. The molecule has 1 aromatic heterocycles. The van der Waals surface area contributed by atoms with Gasteiger partial charge in [-0.2, -0.15) is 0 Å². The lowest BCUT2D eigenvalue weighted by molar-refractivity contribution is -0.128. The Kier molecular flexibility index (Phi) is 4.93. The Morgan fingerprint density at radius 3 is 3.04 bits per heavy atom. The van der Waals surface area contributed by atoms with Crippen LogP contribution in [-0.2, 0) is 16.1 Å². The third-order valence-electron chi connectivity index (χ3n) is 4.24. The third kappa shape index (κ3) is 4.09. The molecule has 1 atom stereocenters. The number of nitrogens with two attached hydrogens (primary N) is 1. The maximum Gasteiger partial charge on any atom is 0.231 e. The summed E-state index contributed by atoms with van der Waals surface area (Å²) in [5.41, 5.74) is 6.34. The standard InChI is InChI=1S/C17H21N3O2S/c18-16(21)11-20-6-1-2-14(10-20)17(22)19-9-12-3-4-15-13(8-12)5-7-23-15/h3-5,7-8,14H,1-2,6,9-11H2,(H2,18,21)(H,19,22). The van der Waals surface area contributed by atoms with Gasteiger partial charge in [0.25, 0.3) is 0 Å². The number of fused-ring (bicyclic) bond motifs is 1. The van der Waals surface area contributed by atoms with Crippen molar-refractivity contribution >= 4 is 33.2 Å². The van der Waals surface area contributed by atoms with Crippen LogP contribution >= 0.6 is 11.3 Å². The van der Waals surface area contributed by atoms with E-state index in [1.807, 2.05) is 4.90 Å². The molecule has 6 heteroatoms. The summed E-state index contributed by atoms with van der Waals surface area (Å²) in [6, 6.07) is 8.36. The van der Waals surface area contributed by atoms with Gasteiger partial charge >= 0.3 is 0 Å². The number of benzene rings is 1. The van der Waals surface area contributed by atoms with Gasteiger partial charge in [0, 0.05) is 17.8 Å². The lowest BCUT2D eigenvalue weighted by Crippen LogP contribution is -2.45. The van der Waals surface area contributed by atoms with Gasteiger partial charge in [-0.15, -0.1) is 11.3 Å². The Bertz CT molecular complexity index is 713. The van der Waals surface area contributed by atoms with E-state index in [0.717, 1.165) is 24.9 Å². The second kappa shape index (κ2) is 7.10. The molecule has 1 fully saturated rings. The molecule has 2 amide bonds. The molecule has 0 bridgehead atoms. The molecular weight excluding hydrogens is 310 g/mol. The largest absolute Gasteiger partial charge is 0.369 e. The van der Waals surface area contributed by atoms with Crippen LogP contribution in [0.25, 0.3) is 10.1 Å². The predicted octanol–water partition coefficient (Wildman–Crippen LogP) is 1.71. The van der Waals surface area contributed by atoms with E-state index in [4.69, 9.17) is 5.73 Å². The van der Waals surface area contributed by atoms with Crippen molar-refractivity contribution in [2.24, 2.45) is 11.7 Å². The highest BCUT2D eigenvalue weighted by Gasteiger charge is 2.26. The van der Waals surface area contributed by atoms with E-state index in [2.05, 4.69) is 35.0 Å². The van der Waals surface area contributed by atoms with Crippen molar-refractivity contribution in [3.05, 3.63) is 35.2 Å². The molecule has 2 aromatic rings. The Morgan fingerprint density at radius 1 is 1.35 bits per heavy atom. The molecule has 0 spiro atoms. The normalized spacial score (nSPS) is 18.9. The molecule has 1 aromatic carbocycles. The smallest absolute Gasteiger partial charge is 0.231 e. The summed E-state index contributed by atoms with van der Waals surface area (Å²) in [6.07, 6.45) is 1.79. The fourth-order valence-corrected chi connectivity index (χ4v) is 3.86. The van der Waals surface area contributed by atoms with Gasteiger partial charge in [-0.1, -0.05) is 6.07 Å². The fraction of sp³-hybridized carbons (Fsp3) is 0.412. The van der Waals surface area contributed by atoms with E-state index in [1.165, 1.54) is 10.1 Å². The summed E-state index contributed by atoms with van der Waals surface area (Å²) in [7, 11) is 0. The average molecular weight is 331 g/mol. The Hall–Kier alpha value is -1.92. The van der Waals surface area contributed by atoms with Crippen LogP contribution in [-0.4, -0.2) is 36.3 Å². The summed E-state index contributed by atoms with van der Waals surface area (Å²) in [4.78, 5) is 25.4. The van der Waals surface area contributed by atoms with Crippen LogP contribution in [0.1, 0.15) is 18.4 Å². The van der Waals surface area contributed by atoms with E-state index >= 15 is 0 Å². The zero-order valence-corrected chi connectivity index (χ0v) is 13.8. The SMILES string of the molecule is NC(=O)CN1CCCC(C(=O)NCc2ccc3sccc3c2)C1. The first-order valence-electron chi connectivity index (χ1n) is 7.86. The van der Waals surface area contributed by atoms with Crippen molar-refractivity contribution < 1.29 is 9.59 Å². The fourth-order valence-electron chi connectivity index (χ4n) is 3.09. The average Bonchev–Trinajstić information content (AvgIpc) is 3.00. The van der Waals surface area contributed by atoms with Crippen molar-refractivity contribution in [2.75, 3.05) is 19.6 Å². The lowest BCUT2D eigenvalue weighted by atomic mass is 9.97. The van der Waals surface area contributed by atoms with Gasteiger partial charge in [0.15, 0.2) is 0 Å². The number of hydrogen-bond donors (Lipinski definition) is 2. The van der Waals surface area contributed by atoms with Crippen molar-refractivity contribution in [1.82, 2.24) is 10.2 Å². The van der Waals surface area contributed by atoms with Crippen LogP contribution in [0, 0.1) is 5.92 Å². The minimum absolute atomic E-state index is 0.0598. The van der Waals surface area contributed by atoms with Gasteiger partial charge in [-0.25, -0.2) is 0 Å². The molecule has 0 aliphatic carbocycles. The Morgan fingerprint density at radius 2 is 2.22 bits per heavy atom. The zero-order chi connectivity index (χ0) is 16.2. The molecule has 2 heterocycles. The highest BCUT2D eigenvalue weighted by atomic mass is 32.1. The first-order valence-corrected chi connectivity index (χ1v) is 8.74. The Balaban J connectivity index is 1.54. The summed E-state index contributed by atoms with van der Waals surface area (Å²) in [5, 5.41) is 6.31. The van der Waals surface area contributed by atoms with Crippen LogP contribution in [0.15, 0.2) is 29.6 Å². The molecule has 1 saturated heterocycles. The van der Waals surface area contributed by atoms with Crippen molar-refractivity contribution in [3.63, 3.8) is 0 Å². The van der Waals surface area contributed by atoms with Gasteiger partial charge in [0.2, 0.25) is 11.8 Å². The lowest BCUT2D eigenvalue weighted by Gasteiger charge is -2.31. The second-order valence-electron chi connectivity index (χ2n) is 6.05.